The summed E-state index contributed by atoms with van der Waals surface area (Å²) in [6.45, 7) is 0.174. The lowest BCUT2D eigenvalue weighted by Crippen LogP contribution is -2.35. The number of anilines is 1. The van der Waals surface area contributed by atoms with E-state index in [1.807, 2.05) is 0 Å². The number of nitrogens with zero attached hydrogens (tertiary/aromatic N) is 2. The quantitative estimate of drug-likeness (QED) is 0.583. The molecule has 3 rings (SSSR count). The second-order valence-electron chi connectivity index (χ2n) is 7.06. The molecule has 1 amide bonds. The number of benzene rings is 1. The summed E-state index contributed by atoms with van der Waals surface area (Å²) in [6.07, 6.45) is -6.02. The van der Waals surface area contributed by atoms with Gasteiger partial charge in [0.25, 0.3) is 5.91 Å². The first-order chi connectivity index (χ1) is 15.2. The van der Waals surface area contributed by atoms with Crippen molar-refractivity contribution in [2.24, 2.45) is 5.92 Å². The molecule has 1 aromatic heterocycles. The maximum absolute atomic E-state index is 12.6. The number of hydrogen-bond donors (Lipinski definition) is 2. The fourth-order valence-electron chi connectivity index (χ4n) is 3.31. The summed E-state index contributed by atoms with van der Waals surface area (Å²) in [7, 11) is 0. The Kier molecular flexibility index (Phi) is 7.61. The molecule has 0 unspecified atom stereocenters. The van der Waals surface area contributed by atoms with Gasteiger partial charge in [-0.3, -0.25) is 14.1 Å². The van der Waals surface area contributed by atoms with Crippen molar-refractivity contribution in [2.75, 3.05) is 25.1 Å². The first-order valence-corrected chi connectivity index (χ1v) is 9.74. The molecular formula is C20H22F3N3O6. The van der Waals surface area contributed by atoms with Crippen molar-refractivity contribution in [1.29, 1.82) is 0 Å². The Hall–Kier alpha value is -2.80. The van der Waals surface area contributed by atoms with Gasteiger partial charge in [0, 0.05) is 17.7 Å². The molecule has 2 N–H and O–H groups in total. The van der Waals surface area contributed by atoms with Gasteiger partial charge in [-0.15, -0.1) is 13.2 Å². The molecule has 0 spiro atoms. The van der Waals surface area contributed by atoms with Crippen molar-refractivity contribution in [3.8, 4) is 0 Å². The summed E-state index contributed by atoms with van der Waals surface area (Å²) in [6, 6.07) is 9.72. The van der Waals surface area contributed by atoms with E-state index < -0.39 is 55.5 Å². The summed E-state index contributed by atoms with van der Waals surface area (Å²) in [5, 5.41) is 12.0. The minimum Gasteiger partial charge on any atom is -0.394 e. The highest BCUT2D eigenvalue weighted by Crippen LogP contribution is 2.35. The van der Waals surface area contributed by atoms with Crippen LogP contribution in [-0.4, -0.2) is 59.0 Å². The second-order valence-corrected chi connectivity index (χ2v) is 7.06. The van der Waals surface area contributed by atoms with E-state index in [1.165, 1.54) is 12.3 Å². The van der Waals surface area contributed by atoms with Gasteiger partial charge in [-0.05, 0) is 18.2 Å². The zero-order valence-corrected chi connectivity index (χ0v) is 17.0. The first kappa shape index (κ1) is 23.9. The van der Waals surface area contributed by atoms with Crippen LogP contribution in [0.2, 0.25) is 0 Å². The van der Waals surface area contributed by atoms with Crippen molar-refractivity contribution in [2.45, 2.75) is 31.7 Å². The zero-order chi connectivity index (χ0) is 23.3. The van der Waals surface area contributed by atoms with Crippen LogP contribution in [0.5, 0.6) is 0 Å². The van der Waals surface area contributed by atoms with Gasteiger partial charge in [-0.1, -0.05) is 25.1 Å². The molecular weight excluding hydrogens is 435 g/mol. The van der Waals surface area contributed by atoms with Crippen LogP contribution in [0, 0.1) is 5.92 Å². The highest BCUT2D eigenvalue weighted by atomic mass is 19.4. The van der Waals surface area contributed by atoms with E-state index in [2.05, 4.69) is 15.0 Å². The Morgan fingerprint density at radius 3 is 2.59 bits per heavy atom. The molecule has 0 saturated carbocycles. The lowest BCUT2D eigenvalue weighted by atomic mass is 10.0. The molecule has 1 aliphatic heterocycles. The van der Waals surface area contributed by atoms with E-state index in [9.17, 15) is 27.9 Å². The number of carbonyl (C=O) groups is 1. The van der Waals surface area contributed by atoms with Crippen LogP contribution in [0.1, 0.15) is 23.5 Å². The predicted molar refractivity (Wildman–Crippen MR) is 105 cm³/mol. The largest absolute Gasteiger partial charge is 0.522 e. The number of hydrogen-bond acceptors (Lipinski definition) is 7. The molecule has 1 aliphatic rings. The molecule has 4 atom stereocenters. The van der Waals surface area contributed by atoms with Gasteiger partial charge in [0.05, 0.1) is 25.9 Å². The van der Waals surface area contributed by atoms with E-state index >= 15 is 0 Å². The predicted octanol–water partition coefficient (Wildman–Crippen LogP) is 1.94. The highest BCUT2D eigenvalue weighted by molar-refractivity contribution is 6.03. The van der Waals surface area contributed by atoms with Gasteiger partial charge in [0.15, 0.2) is 6.23 Å². The fraction of sp³-hybridized carbons (Fsp3) is 0.450. The van der Waals surface area contributed by atoms with Crippen LogP contribution in [0.3, 0.4) is 0 Å². The Morgan fingerprint density at radius 2 is 1.97 bits per heavy atom. The van der Waals surface area contributed by atoms with Crippen molar-refractivity contribution < 1.29 is 37.3 Å². The summed E-state index contributed by atoms with van der Waals surface area (Å²) < 4.78 is 52.5. The fourth-order valence-corrected chi connectivity index (χ4v) is 3.31. The van der Waals surface area contributed by atoms with Gasteiger partial charge < -0.3 is 19.9 Å². The molecule has 0 aliphatic carbocycles. The Bertz CT molecular complexity index is 969. The molecule has 1 aromatic carbocycles. The smallest absolute Gasteiger partial charge is 0.394 e. The minimum atomic E-state index is -4.78. The van der Waals surface area contributed by atoms with E-state index in [-0.39, 0.29) is 12.4 Å². The van der Waals surface area contributed by atoms with Gasteiger partial charge in [-0.2, -0.15) is 4.98 Å². The molecule has 174 valence electrons. The topological polar surface area (TPSA) is 112 Å². The lowest BCUT2D eigenvalue weighted by molar-refractivity contribution is -0.328. The number of nitrogens with one attached hydrogen (secondary N) is 1. The number of alkyl halides is 3. The summed E-state index contributed by atoms with van der Waals surface area (Å²) in [5.41, 5.74) is -0.390. The maximum atomic E-state index is 12.6. The van der Waals surface area contributed by atoms with E-state index in [0.717, 1.165) is 4.57 Å². The normalized spacial score (nSPS) is 23.3. The number of aromatic nitrogens is 2. The van der Waals surface area contributed by atoms with Crippen LogP contribution >= 0.6 is 0 Å². The van der Waals surface area contributed by atoms with Crippen molar-refractivity contribution >= 4 is 11.7 Å². The van der Waals surface area contributed by atoms with Gasteiger partial charge in [0.2, 0.25) is 0 Å². The molecule has 9 nitrogen and oxygen atoms in total. The Balaban J connectivity index is 1.72. The Morgan fingerprint density at radius 1 is 1.25 bits per heavy atom. The number of aliphatic hydroxyl groups is 1. The third-order valence-electron chi connectivity index (χ3n) is 4.92. The van der Waals surface area contributed by atoms with E-state index in [1.54, 1.807) is 37.3 Å². The number of aliphatic hydroxyl groups excluding tert-OH is 1. The summed E-state index contributed by atoms with van der Waals surface area (Å²) >= 11 is 0. The number of rotatable bonds is 8. The molecule has 1 fully saturated rings. The second kappa shape index (κ2) is 10.2. The lowest BCUT2D eigenvalue weighted by Gasteiger charge is -2.23. The average molecular weight is 457 g/mol. The van der Waals surface area contributed by atoms with Gasteiger partial charge >= 0.3 is 12.1 Å². The van der Waals surface area contributed by atoms with Crippen molar-refractivity contribution in [3.63, 3.8) is 0 Å². The van der Waals surface area contributed by atoms with E-state index in [0.29, 0.717) is 5.56 Å². The Labute approximate surface area is 180 Å². The van der Waals surface area contributed by atoms with Crippen LogP contribution in [0.4, 0.5) is 19.0 Å². The minimum absolute atomic E-state index is 0.0147. The summed E-state index contributed by atoms with van der Waals surface area (Å²) in [5.74, 6) is -0.867. The number of ether oxygens (including phenoxy) is 3. The number of amides is 1. The third kappa shape index (κ3) is 5.91. The van der Waals surface area contributed by atoms with E-state index in [4.69, 9.17) is 9.47 Å². The number of carbonyl (C=O) groups excluding carboxylic acids is 1. The standard InChI is InChI=1S/C20H22F3N3O6/c1-12-14(11-27)32-18(16(12)30-9-10-31-20(21,22)23)26-8-7-15(25-19(26)29)24-17(28)13-5-3-2-4-6-13/h2-8,12,14,16,18,27H,9-11H2,1H3,(H,24,25,28,29)/t12-,14-,16-,18-/m1/s1. The molecule has 1 saturated heterocycles. The van der Waals surface area contributed by atoms with Crippen molar-refractivity contribution in [3.05, 3.63) is 58.6 Å². The SMILES string of the molecule is C[C@H]1[C@@H](OCCOC(F)(F)F)[C@H](n2ccc(NC(=O)c3ccccc3)nc2=O)O[C@@H]1CO. The molecule has 0 bridgehead atoms. The molecule has 0 radical (unpaired) electrons. The van der Waals surface area contributed by atoms with Crippen LogP contribution in [0.25, 0.3) is 0 Å². The van der Waals surface area contributed by atoms with Gasteiger partial charge in [-0.25, -0.2) is 4.79 Å². The van der Waals surface area contributed by atoms with Gasteiger partial charge in [0.1, 0.15) is 11.9 Å². The molecule has 2 aromatic rings. The molecule has 32 heavy (non-hydrogen) atoms. The average Bonchev–Trinajstić information content (AvgIpc) is 3.06. The molecule has 2 heterocycles. The monoisotopic (exact) mass is 457 g/mol. The third-order valence-corrected chi connectivity index (χ3v) is 4.92. The van der Waals surface area contributed by atoms with Crippen LogP contribution < -0.4 is 11.0 Å². The maximum Gasteiger partial charge on any atom is 0.522 e. The summed E-state index contributed by atoms with van der Waals surface area (Å²) in [4.78, 5) is 28.6. The molecule has 12 heteroatoms. The van der Waals surface area contributed by atoms with Crippen molar-refractivity contribution in [1.82, 2.24) is 9.55 Å². The zero-order valence-electron chi connectivity index (χ0n) is 17.0. The van der Waals surface area contributed by atoms with Crippen LogP contribution in [0.15, 0.2) is 47.4 Å². The first-order valence-electron chi connectivity index (χ1n) is 9.74. The number of halogens is 3. The van der Waals surface area contributed by atoms with Crippen LogP contribution in [-0.2, 0) is 14.2 Å². The highest BCUT2D eigenvalue weighted by Gasteiger charge is 2.44.